The third-order valence-electron chi connectivity index (χ3n) is 3.88. The molecule has 0 aromatic heterocycles. The van der Waals surface area contributed by atoms with Crippen LogP contribution in [0.25, 0.3) is 0 Å². The standard InChI is InChI=1S/C11H22N2O2S/c1-12-10-5-4-8-13(9-10)16(14,15)11-6-2-3-7-11/h10-12H,2-9H2,1H3. The molecule has 2 fully saturated rings. The molecule has 0 amide bonds. The fourth-order valence-corrected chi connectivity index (χ4v) is 4.93. The maximum absolute atomic E-state index is 12.3. The number of sulfonamides is 1. The van der Waals surface area contributed by atoms with Gasteiger partial charge in [0.15, 0.2) is 0 Å². The Morgan fingerprint density at radius 1 is 1.12 bits per heavy atom. The summed E-state index contributed by atoms with van der Waals surface area (Å²) in [7, 11) is -1.10. The number of hydrogen-bond acceptors (Lipinski definition) is 3. The number of rotatable bonds is 3. The molecule has 0 aromatic rings. The van der Waals surface area contributed by atoms with E-state index in [1.54, 1.807) is 4.31 Å². The maximum Gasteiger partial charge on any atom is 0.217 e. The van der Waals surface area contributed by atoms with E-state index < -0.39 is 10.0 Å². The van der Waals surface area contributed by atoms with Crippen LogP contribution in [-0.4, -0.2) is 44.2 Å². The highest BCUT2D eigenvalue weighted by atomic mass is 32.2. The van der Waals surface area contributed by atoms with E-state index in [0.29, 0.717) is 12.6 Å². The second-order valence-electron chi connectivity index (χ2n) is 4.94. The molecule has 0 bridgehead atoms. The van der Waals surface area contributed by atoms with Crippen molar-refractivity contribution in [3.63, 3.8) is 0 Å². The molecule has 5 heteroatoms. The molecule has 2 aliphatic rings. The van der Waals surface area contributed by atoms with E-state index in [4.69, 9.17) is 0 Å². The molecule has 1 heterocycles. The zero-order valence-electron chi connectivity index (χ0n) is 9.98. The number of nitrogens with zero attached hydrogens (tertiary/aromatic N) is 1. The molecule has 0 aromatic carbocycles. The Bertz CT molecular complexity index is 323. The Morgan fingerprint density at radius 3 is 2.44 bits per heavy atom. The van der Waals surface area contributed by atoms with Gasteiger partial charge in [0.1, 0.15) is 0 Å². The number of nitrogens with one attached hydrogen (secondary N) is 1. The van der Waals surface area contributed by atoms with Crippen LogP contribution in [0.2, 0.25) is 0 Å². The van der Waals surface area contributed by atoms with Crippen molar-refractivity contribution in [1.82, 2.24) is 9.62 Å². The van der Waals surface area contributed by atoms with Gasteiger partial charge in [0, 0.05) is 19.1 Å². The summed E-state index contributed by atoms with van der Waals surface area (Å²) in [5, 5.41) is 3.10. The quantitative estimate of drug-likeness (QED) is 0.806. The lowest BCUT2D eigenvalue weighted by Gasteiger charge is -2.33. The fraction of sp³-hybridized carbons (Fsp3) is 1.00. The van der Waals surface area contributed by atoms with Crippen LogP contribution in [-0.2, 0) is 10.0 Å². The normalized spacial score (nSPS) is 29.7. The molecule has 1 atom stereocenters. The van der Waals surface area contributed by atoms with Gasteiger partial charge in [-0.15, -0.1) is 0 Å². The van der Waals surface area contributed by atoms with Crippen LogP contribution in [0.5, 0.6) is 0 Å². The molecular formula is C11H22N2O2S. The summed E-state index contributed by atoms with van der Waals surface area (Å²) in [6.07, 6.45) is 5.96. The second kappa shape index (κ2) is 5.02. The van der Waals surface area contributed by atoms with Crippen molar-refractivity contribution in [2.75, 3.05) is 20.1 Å². The molecule has 1 aliphatic heterocycles. The first kappa shape index (κ1) is 12.3. The van der Waals surface area contributed by atoms with Crippen molar-refractivity contribution in [1.29, 1.82) is 0 Å². The molecule has 1 N–H and O–H groups in total. The monoisotopic (exact) mass is 246 g/mol. The lowest BCUT2D eigenvalue weighted by atomic mass is 10.1. The maximum atomic E-state index is 12.3. The fourth-order valence-electron chi connectivity index (χ4n) is 2.81. The van der Waals surface area contributed by atoms with E-state index in [-0.39, 0.29) is 5.25 Å². The minimum absolute atomic E-state index is 0.0943. The zero-order valence-corrected chi connectivity index (χ0v) is 10.8. The van der Waals surface area contributed by atoms with Crippen LogP contribution in [0.4, 0.5) is 0 Å². The molecule has 2 rings (SSSR count). The van der Waals surface area contributed by atoms with Gasteiger partial charge in [-0.05, 0) is 32.7 Å². The number of hydrogen-bond donors (Lipinski definition) is 1. The molecule has 0 radical (unpaired) electrons. The Morgan fingerprint density at radius 2 is 1.81 bits per heavy atom. The Hall–Kier alpha value is -0.130. The second-order valence-corrected chi connectivity index (χ2v) is 7.15. The highest BCUT2D eigenvalue weighted by Gasteiger charge is 2.36. The number of piperidine rings is 1. The van der Waals surface area contributed by atoms with Gasteiger partial charge in [0.05, 0.1) is 5.25 Å². The third-order valence-corrected chi connectivity index (χ3v) is 6.24. The highest BCUT2D eigenvalue weighted by molar-refractivity contribution is 7.89. The van der Waals surface area contributed by atoms with Gasteiger partial charge in [0.25, 0.3) is 0 Å². The van der Waals surface area contributed by atoms with E-state index in [9.17, 15) is 8.42 Å². The summed E-state index contributed by atoms with van der Waals surface area (Å²) >= 11 is 0. The van der Waals surface area contributed by atoms with Crippen molar-refractivity contribution in [2.24, 2.45) is 0 Å². The minimum Gasteiger partial charge on any atom is -0.316 e. The molecular weight excluding hydrogens is 224 g/mol. The zero-order chi connectivity index (χ0) is 11.6. The predicted octanol–water partition coefficient (Wildman–Crippen LogP) is 0.943. The SMILES string of the molecule is CNC1CCCN(S(=O)(=O)C2CCCC2)C1. The van der Waals surface area contributed by atoms with Crippen molar-refractivity contribution in [3.05, 3.63) is 0 Å². The van der Waals surface area contributed by atoms with Gasteiger partial charge in [-0.2, -0.15) is 0 Å². The molecule has 4 nitrogen and oxygen atoms in total. The molecule has 16 heavy (non-hydrogen) atoms. The predicted molar refractivity (Wildman–Crippen MR) is 64.8 cm³/mol. The van der Waals surface area contributed by atoms with E-state index in [1.165, 1.54) is 0 Å². The van der Waals surface area contributed by atoms with Crippen LogP contribution in [0, 0.1) is 0 Å². The first-order valence-electron chi connectivity index (χ1n) is 6.31. The molecule has 0 spiro atoms. The molecule has 1 saturated heterocycles. The molecule has 1 aliphatic carbocycles. The summed E-state index contributed by atoms with van der Waals surface area (Å²) < 4.78 is 26.4. The van der Waals surface area contributed by atoms with Crippen molar-refractivity contribution in [3.8, 4) is 0 Å². The Labute approximate surface area is 98.4 Å². The lowest BCUT2D eigenvalue weighted by molar-refractivity contribution is 0.290. The van der Waals surface area contributed by atoms with Crippen molar-refractivity contribution >= 4 is 10.0 Å². The highest BCUT2D eigenvalue weighted by Crippen LogP contribution is 2.28. The Balaban J connectivity index is 2.04. The first-order valence-corrected chi connectivity index (χ1v) is 7.81. The summed E-state index contributed by atoms with van der Waals surface area (Å²) in [5.41, 5.74) is 0. The van der Waals surface area contributed by atoms with E-state index in [1.807, 2.05) is 7.05 Å². The topological polar surface area (TPSA) is 49.4 Å². The van der Waals surface area contributed by atoms with Gasteiger partial charge < -0.3 is 5.32 Å². The average molecular weight is 246 g/mol. The average Bonchev–Trinajstić information content (AvgIpc) is 2.83. The molecule has 1 unspecified atom stereocenters. The van der Waals surface area contributed by atoms with Gasteiger partial charge in [-0.1, -0.05) is 12.8 Å². The molecule has 1 saturated carbocycles. The molecule has 94 valence electrons. The van der Waals surface area contributed by atoms with Crippen LogP contribution < -0.4 is 5.32 Å². The van der Waals surface area contributed by atoms with Crippen LogP contribution in [0.1, 0.15) is 38.5 Å². The Kier molecular flexibility index (Phi) is 3.87. The number of likely N-dealkylation sites (N-methyl/N-ethyl adjacent to an activating group) is 1. The van der Waals surface area contributed by atoms with Gasteiger partial charge in [0.2, 0.25) is 10.0 Å². The lowest BCUT2D eigenvalue weighted by Crippen LogP contribution is -2.49. The van der Waals surface area contributed by atoms with Gasteiger partial charge in [-0.25, -0.2) is 12.7 Å². The van der Waals surface area contributed by atoms with Crippen LogP contribution >= 0.6 is 0 Å². The summed E-state index contributed by atoms with van der Waals surface area (Å²) in [5.74, 6) is 0. The van der Waals surface area contributed by atoms with Crippen molar-refractivity contribution < 1.29 is 8.42 Å². The van der Waals surface area contributed by atoms with E-state index in [0.717, 1.165) is 45.1 Å². The third kappa shape index (κ3) is 2.41. The smallest absolute Gasteiger partial charge is 0.217 e. The largest absolute Gasteiger partial charge is 0.316 e. The first-order chi connectivity index (χ1) is 7.64. The van der Waals surface area contributed by atoms with Crippen LogP contribution in [0.3, 0.4) is 0 Å². The summed E-state index contributed by atoms with van der Waals surface area (Å²) in [6, 6.07) is 0.338. The van der Waals surface area contributed by atoms with Gasteiger partial charge in [-0.3, -0.25) is 0 Å². The summed E-state index contributed by atoms with van der Waals surface area (Å²) in [6.45, 7) is 1.38. The van der Waals surface area contributed by atoms with Gasteiger partial charge >= 0.3 is 0 Å². The minimum atomic E-state index is -3.01. The summed E-state index contributed by atoms with van der Waals surface area (Å²) in [4.78, 5) is 0. The van der Waals surface area contributed by atoms with E-state index in [2.05, 4.69) is 5.32 Å². The van der Waals surface area contributed by atoms with Crippen LogP contribution in [0.15, 0.2) is 0 Å². The van der Waals surface area contributed by atoms with E-state index >= 15 is 0 Å². The van der Waals surface area contributed by atoms with Crippen molar-refractivity contribution in [2.45, 2.75) is 49.8 Å².